The number of para-hydroxylation sites is 1. The highest BCUT2D eigenvalue weighted by Gasteiger charge is 2.11. The van der Waals surface area contributed by atoms with E-state index in [2.05, 4.69) is 59.2 Å². The van der Waals surface area contributed by atoms with Gasteiger partial charge >= 0.3 is 0 Å². The molecule has 3 heteroatoms. The zero-order valence-corrected chi connectivity index (χ0v) is 14.7. The van der Waals surface area contributed by atoms with Gasteiger partial charge < -0.3 is 4.57 Å². The fourth-order valence-electron chi connectivity index (χ4n) is 3.67. The van der Waals surface area contributed by atoms with E-state index in [9.17, 15) is 0 Å². The van der Waals surface area contributed by atoms with Gasteiger partial charge in [-0.25, -0.2) is 4.98 Å². The van der Waals surface area contributed by atoms with E-state index in [1.54, 1.807) is 0 Å². The molecule has 3 nitrogen and oxygen atoms in total. The van der Waals surface area contributed by atoms with Gasteiger partial charge in [-0.2, -0.15) is 0 Å². The first kappa shape index (κ1) is 16.1. The lowest BCUT2D eigenvalue weighted by molar-refractivity contribution is 0.494. The van der Waals surface area contributed by atoms with Crippen molar-refractivity contribution in [3.63, 3.8) is 0 Å². The number of fused-ring (bicyclic) bond motifs is 2. The molecule has 0 amide bonds. The summed E-state index contributed by atoms with van der Waals surface area (Å²) in [7, 11) is 0. The minimum Gasteiger partial charge on any atom is -0.314 e. The minimum absolute atomic E-state index is 0.817. The topological polar surface area (TPSA) is 30.2 Å². The highest BCUT2D eigenvalue weighted by molar-refractivity contribution is 5.77. The minimum atomic E-state index is 0.817. The van der Waals surface area contributed by atoms with Gasteiger partial charge in [-0.15, -0.1) is 0 Å². The van der Waals surface area contributed by atoms with Gasteiger partial charge in [0.1, 0.15) is 11.3 Å². The third kappa shape index (κ3) is 3.65. The van der Waals surface area contributed by atoms with Crippen molar-refractivity contribution in [2.24, 2.45) is 4.99 Å². The summed E-state index contributed by atoms with van der Waals surface area (Å²) in [6.45, 7) is 1.86. The summed E-state index contributed by atoms with van der Waals surface area (Å²) in [6, 6.07) is 19.1. The van der Waals surface area contributed by atoms with Crippen LogP contribution in [0.25, 0.3) is 10.9 Å². The number of rotatable bonds is 3. The van der Waals surface area contributed by atoms with Crippen molar-refractivity contribution in [3.05, 3.63) is 71.5 Å². The smallest absolute Gasteiger partial charge is 0.138 e. The summed E-state index contributed by atoms with van der Waals surface area (Å²) >= 11 is 0. The number of benzene rings is 2. The first-order chi connectivity index (χ1) is 12.4. The second kappa shape index (κ2) is 7.64. The molecule has 0 radical (unpaired) electrons. The van der Waals surface area contributed by atoms with Crippen LogP contribution in [-0.4, -0.2) is 16.1 Å². The predicted molar refractivity (Wildman–Crippen MR) is 102 cm³/mol. The maximum Gasteiger partial charge on any atom is 0.138 e. The molecule has 4 rings (SSSR count). The summed E-state index contributed by atoms with van der Waals surface area (Å²) in [5.74, 6) is 1.21. The van der Waals surface area contributed by atoms with Gasteiger partial charge in [0, 0.05) is 24.9 Å². The fraction of sp³-hybridized carbons (Fsp3) is 0.364. The Hall–Kier alpha value is -2.42. The van der Waals surface area contributed by atoms with Gasteiger partial charge in [-0.05, 0) is 37.0 Å². The van der Waals surface area contributed by atoms with Gasteiger partial charge in [-0.3, -0.25) is 4.99 Å². The summed E-state index contributed by atoms with van der Waals surface area (Å²) in [4.78, 5) is 9.99. The van der Waals surface area contributed by atoms with E-state index in [4.69, 9.17) is 9.98 Å². The first-order valence-corrected chi connectivity index (χ1v) is 9.45. The van der Waals surface area contributed by atoms with Gasteiger partial charge in [-0.1, -0.05) is 55.3 Å². The van der Waals surface area contributed by atoms with Crippen LogP contribution in [0.3, 0.4) is 0 Å². The van der Waals surface area contributed by atoms with Gasteiger partial charge in [0.2, 0.25) is 0 Å². The number of hydrogen-bond donors (Lipinski definition) is 0. The van der Waals surface area contributed by atoms with Gasteiger partial charge in [0.05, 0.1) is 5.52 Å². The summed E-state index contributed by atoms with van der Waals surface area (Å²) in [5, 5.41) is 1.18. The zero-order valence-electron chi connectivity index (χ0n) is 14.7. The van der Waals surface area contributed by atoms with E-state index < -0.39 is 0 Å². The molecule has 25 heavy (non-hydrogen) atoms. The quantitative estimate of drug-likeness (QED) is 0.704. The van der Waals surface area contributed by atoms with Crippen molar-refractivity contribution in [1.29, 1.82) is 0 Å². The van der Waals surface area contributed by atoms with Crippen molar-refractivity contribution in [2.45, 2.75) is 45.1 Å². The lowest BCUT2D eigenvalue weighted by Gasteiger charge is -2.18. The number of aryl methyl sites for hydroxylation is 1. The SMILES string of the molecule is c1ccc(CCN=c2c3ccccc3nc3n2CCCCCC3)cc1. The molecule has 0 spiro atoms. The Morgan fingerprint density at radius 1 is 0.880 bits per heavy atom. The van der Waals surface area contributed by atoms with Gasteiger partial charge in [0.15, 0.2) is 0 Å². The highest BCUT2D eigenvalue weighted by Crippen LogP contribution is 2.15. The van der Waals surface area contributed by atoms with Gasteiger partial charge in [0.25, 0.3) is 0 Å². The third-order valence-electron chi connectivity index (χ3n) is 5.00. The normalized spacial score (nSPS) is 15.6. The number of aromatic nitrogens is 2. The van der Waals surface area contributed by atoms with Crippen molar-refractivity contribution in [1.82, 2.24) is 9.55 Å². The Morgan fingerprint density at radius 3 is 2.60 bits per heavy atom. The van der Waals surface area contributed by atoms with Crippen molar-refractivity contribution in [2.75, 3.05) is 6.54 Å². The van der Waals surface area contributed by atoms with E-state index in [1.807, 2.05) is 0 Å². The van der Waals surface area contributed by atoms with Crippen LogP contribution >= 0.6 is 0 Å². The van der Waals surface area contributed by atoms with E-state index in [0.717, 1.165) is 36.9 Å². The molecule has 2 aromatic carbocycles. The Kier molecular flexibility index (Phi) is 4.91. The van der Waals surface area contributed by atoms with Crippen LogP contribution in [0.5, 0.6) is 0 Å². The van der Waals surface area contributed by atoms with Crippen LogP contribution < -0.4 is 5.49 Å². The Morgan fingerprint density at radius 2 is 1.68 bits per heavy atom. The maximum absolute atomic E-state index is 5.04. The Balaban J connectivity index is 1.76. The molecule has 1 aliphatic rings. The maximum atomic E-state index is 5.04. The fourth-order valence-corrected chi connectivity index (χ4v) is 3.67. The van der Waals surface area contributed by atoms with Crippen molar-refractivity contribution >= 4 is 10.9 Å². The molecule has 0 fully saturated rings. The van der Waals surface area contributed by atoms with E-state index in [0.29, 0.717) is 0 Å². The molecule has 0 N–H and O–H groups in total. The lowest BCUT2D eigenvalue weighted by atomic mass is 10.1. The van der Waals surface area contributed by atoms with Crippen LogP contribution in [0.4, 0.5) is 0 Å². The summed E-state index contributed by atoms with van der Waals surface area (Å²) < 4.78 is 2.38. The second-order valence-corrected chi connectivity index (χ2v) is 6.80. The Labute approximate surface area is 149 Å². The summed E-state index contributed by atoms with van der Waals surface area (Å²) in [6.07, 6.45) is 7.12. The molecular formula is C22H25N3. The molecule has 0 unspecified atom stereocenters. The molecule has 2 heterocycles. The van der Waals surface area contributed by atoms with Crippen LogP contribution in [0.1, 0.15) is 37.1 Å². The zero-order chi connectivity index (χ0) is 16.9. The molecule has 1 aliphatic heterocycles. The Bertz CT molecular complexity index is 909. The average molecular weight is 331 g/mol. The van der Waals surface area contributed by atoms with Crippen LogP contribution in [-0.2, 0) is 19.4 Å². The molecule has 3 aromatic rings. The molecular weight excluding hydrogens is 306 g/mol. The average Bonchev–Trinajstić information content (AvgIpc) is 2.63. The number of hydrogen-bond acceptors (Lipinski definition) is 2. The van der Waals surface area contributed by atoms with Crippen LogP contribution in [0.2, 0.25) is 0 Å². The predicted octanol–water partition coefficient (Wildman–Crippen LogP) is 4.30. The highest BCUT2D eigenvalue weighted by atomic mass is 15.1. The molecule has 0 aliphatic carbocycles. The van der Waals surface area contributed by atoms with E-state index in [-0.39, 0.29) is 0 Å². The molecule has 1 aromatic heterocycles. The van der Waals surface area contributed by atoms with Crippen molar-refractivity contribution < 1.29 is 0 Å². The number of nitrogens with zero attached hydrogens (tertiary/aromatic N) is 3. The molecule has 128 valence electrons. The molecule has 0 saturated heterocycles. The van der Waals surface area contributed by atoms with E-state index >= 15 is 0 Å². The van der Waals surface area contributed by atoms with Crippen LogP contribution in [0, 0.1) is 0 Å². The monoisotopic (exact) mass is 331 g/mol. The molecule has 0 saturated carbocycles. The third-order valence-corrected chi connectivity index (χ3v) is 5.00. The molecule has 0 bridgehead atoms. The standard InChI is InChI=1S/C22H25N3/c1-2-9-17-25-21(14-6-1)24-20-13-8-7-12-19(20)22(25)23-16-15-18-10-4-3-5-11-18/h3-5,7-8,10-13H,1-2,6,9,14-17H2. The van der Waals surface area contributed by atoms with E-state index in [1.165, 1.54) is 42.5 Å². The van der Waals surface area contributed by atoms with Crippen LogP contribution in [0.15, 0.2) is 59.6 Å². The largest absolute Gasteiger partial charge is 0.314 e. The molecule has 0 atom stereocenters. The lowest BCUT2D eigenvalue weighted by Crippen LogP contribution is -2.28. The van der Waals surface area contributed by atoms with Crippen molar-refractivity contribution in [3.8, 4) is 0 Å². The summed E-state index contributed by atoms with van der Waals surface area (Å²) in [5.41, 5.74) is 3.55. The first-order valence-electron chi connectivity index (χ1n) is 9.45. The second-order valence-electron chi connectivity index (χ2n) is 6.80.